The SMILES string of the molecule is Cc1ccc(C(N)c2cc(Br)ccc2Br)s1. The predicted molar refractivity (Wildman–Crippen MR) is 76.9 cm³/mol. The molecule has 84 valence electrons. The maximum Gasteiger partial charge on any atom is 0.0657 e. The molecule has 0 saturated heterocycles. The second-order valence-electron chi connectivity index (χ2n) is 3.59. The zero-order valence-corrected chi connectivity index (χ0v) is 12.7. The molecule has 0 aliphatic rings. The van der Waals surface area contributed by atoms with Crippen molar-refractivity contribution in [1.29, 1.82) is 0 Å². The lowest BCUT2D eigenvalue weighted by Gasteiger charge is -2.12. The van der Waals surface area contributed by atoms with Crippen molar-refractivity contribution in [3.8, 4) is 0 Å². The highest BCUT2D eigenvalue weighted by Gasteiger charge is 2.14. The van der Waals surface area contributed by atoms with Gasteiger partial charge in [-0.2, -0.15) is 0 Å². The van der Waals surface area contributed by atoms with Gasteiger partial charge in [0.05, 0.1) is 6.04 Å². The average Bonchev–Trinajstić information content (AvgIpc) is 2.67. The molecule has 0 bridgehead atoms. The lowest BCUT2D eigenvalue weighted by molar-refractivity contribution is 0.886. The van der Waals surface area contributed by atoms with Gasteiger partial charge in [-0.05, 0) is 42.8 Å². The molecule has 0 spiro atoms. The van der Waals surface area contributed by atoms with Crippen LogP contribution in [0.25, 0.3) is 0 Å². The largest absolute Gasteiger partial charge is 0.320 e. The first-order valence-electron chi connectivity index (χ1n) is 4.85. The Kier molecular flexibility index (Phi) is 3.85. The molecule has 4 heteroatoms. The van der Waals surface area contributed by atoms with Crippen molar-refractivity contribution in [3.63, 3.8) is 0 Å². The van der Waals surface area contributed by atoms with Crippen LogP contribution in [-0.2, 0) is 0 Å². The van der Waals surface area contributed by atoms with Crippen LogP contribution in [0.3, 0.4) is 0 Å². The minimum absolute atomic E-state index is 0.0643. The Labute approximate surface area is 116 Å². The van der Waals surface area contributed by atoms with Crippen molar-refractivity contribution in [2.24, 2.45) is 5.73 Å². The molecule has 0 aliphatic heterocycles. The number of hydrogen-bond acceptors (Lipinski definition) is 2. The van der Waals surface area contributed by atoms with E-state index in [1.54, 1.807) is 11.3 Å². The molecule has 2 aromatic rings. The molecule has 0 fully saturated rings. The predicted octanol–water partition coefficient (Wildman–Crippen LogP) is 4.63. The van der Waals surface area contributed by atoms with E-state index < -0.39 is 0 Å². The number of benzene rings is 1. The van der Waals surface area contributed by atoms with E-state index >= 15 is 0 Å². The van der Waals surface area contributed by atoms with Crippen LogP contribution < -0.4 is 5.73 Å². The van der Waals surface area contributed by atoms with E-state index in [0.29, 0.717) is 0 Å². The first kappa shape index (κ1) is 12.3. The summed E-state index contributed by atoms with van der Waals surface area (Å²) in [5.41, 5.74) is 7.37. The minimum Gasteiger partial charge on any atom is -0.320 e. The molecule has 1 atom stereocenters. The second-order valence-corrected chi connectivity index (χ2v) is 6.68. The van der Waals surface area contributed by atoms with Gasteiger partial charge < -0.3 is 5.73 Å². The molecule has 0 amide bonds. The Hall–Kier alpha value is -0.160. The third kappa shape index (κ3) is 2.56. The molecular weight excluding hydrogens is 350 g/mol. The molecule has 2 N–H and O–H groups in total. The molecule has 1 aromatic carbocycles. The summed E-state index contributed by atoms with van der Waals surface area (Å²) in [4.78, 5) is 2.48. The standard InChI is InChI=1S/C12H11Br2NS/c1-7-2-5-11(16-7)12(15)9-6-8(13)3-4-10(9)14/h2-6,12H,15H2,1H3. The topological polar surface area (TPSA) is 26.0 Å². The highest BCUT2D eigenvalue weighted by atomic mass is 79.9. The Bertz CT molecular complexity index is 507. The van der Waals surface area contributed by atoms with E-state index in [4.69, 9.17) is 5.73 Å². The van der Waals surface area contributed by atoms with Crippen molar-refractivity contribution in [2.45, 2.75) is 13.0 Å². The van der Waals surface area contributed by atoms with E-state index in [2.05, 4.69) is 57.0 Å². The summed E-state index contributed by atoms with van der Waals surface area (Å²) in [5.74, 6) is 0. The Morgan fingerprint density at radius 3 is 2.56 bits per heavy atom. The van der Waals surface area contributed by atoms with Gasteiger partial charge in [0.15, 0.2) is 0 Å². The van der Waals surface area contributed by atoms with E-state index in [9.17, 15) is 0 Å². The van der Waals surface area contributed by atoms with Gasteiger partial charge in [-0.25, -0.2) is 0 Å². The number of halogens is 2. The van der Waals surface area contributed by atoms with Gasteiger partial charge in [-0.3, -0.25) is 0 Å². The van der Waals surface area contributed by atoms with Gasteiger partial charge in [0.1, 0.15) is 0 Å². The fourth-order valence-electron chi connectivity index (χ4n) is 1.53. The summed E-state index contributed by atoms with van der Waals surface area (Å²) in [6, 6.07) is 10.2. The van der Waals surface area contributed by atoms with Crippen molar-refractivity contribution in [3.05, 3.63) is 54.6 Å². The van der Waals surface area contributed by atoms with Gasteiger partial charge >= 0.3 is 0 Å². The fourth-order valence-corrected chi connectivity index (χ4v) is 3.30. The number of rotatable bonds is 2. The lowest BCUT2D eigenvalue weighted by atomic mass is 10.1. The lowest BCUT2D eigenvalue weighted by Crippen LogP contribution is -2.10. The van der Waals surface area contributed by atoms with Crippen LogP contribution >= 0.6 is 43.2 Å². The third-order valence-electron chi connectivity index (χ3n) is 2.36. The van der Waals surface area contributed by atoms with E-state index in [-0.39, 0.29) is 6.04 Å². The van der Waals surface area contributed by atoms with Crippen molar-refractivity contribution in [1.82, 2.24) is 0 Å². The number of aryl methyl sites for hydroxylation is 1. The van der Waals surface area contributed by atoms with E-state index in [1.165, 1.54) is 9.75 Å². The minimum atomic E-state index is -0.0643. The van der Waals surface area contributed by atoms with Gasteiger partial charge in [-0.15, -0.1) is 11.3 Å². The Balaban J connectivity index is 2.40. The maximum atomic E-state index is 6.26. The van der Waals surface area contributed by atoms with Crippen LogP contribution in [0.15, 0.2) is 39.3 Å². The molecule has 16 heavy (non-hydrogen) atoms. The van der Waals surface area contributed by atoms with Gasteiger partial charge in [0, 0.05) is 18.7 Å². The number of thiophene rings is 1. The summed E-state index contributed by atoms with van der Waals surface area (Å²) in [6.07, 6.45) is 0. The summed E-state index contributed by atoms with van der Waals surface area (Å²) in [6.45, 7) is 2.09. The molecule has 2 rings (SSSR count). The smallest absolute Gasteiger partial charge is 0.0657 e. The van der Waals surface area contributed by atoms with Crippen molar-refractivity contribution in [2.75, 3.05) is 0 Å². The average molecular weight is 361 g/mol. The highest BCUT2D eigenvalue weighted by molar-refractivity contribution is 9.11. The van der Waals surface area contributed by atoms with Crippen LogP contribution in [0, 0.1) is 6.92 Å². The van der Waals surface area contributed by atoms with Crippen LogP contribution in [0.4, 0.5) is 0 Å². The molecule has 1 aromatic heterocycles. The number of nitrogens with two attached hydrogens (primary N) is 1. The van der Waals surface area contributed by atoms with Gasteiger partial charge in [0.25, 0.3) is 0 Å². The zero-order valence-electron chi connectivity index (χ0n) is 8.71. The first-order chi connectivity index (χ1) is 7.58. The number of hydrogen-bond donors (Lipinski definition) is 1. The molecule has 0 saturated carbocycles. The molecular formula is C12H11Br2NS. The molecule has 0 aliphatic carbocycles. The van der Waals surface area contributed by atoms with Crippen LogP contribution in [0.5, 0.6) is 0 Å². The third-order valence-corrected chi connectivity index (χ3v) is 4.66. The van der Waals surface area contributed by atoms with Crippen LogP contribution in [-0.4, -0.2) is 0 Å². The molecule has 0 radical (unpaired) electrons. The first-order valence-corrected chi connectivity index (χ1v) is 7.25. The molecule has 1 unspecified atom stereocenters. The maximum absolute atomic E-state index is 6.26. The Morgan fingerprint density at radius 2 is 1.94 bits per heavy atom. The molecule has 1 heterocycles. The zero-order chi connectivity index (χ0) is 11.7. The van der Waals surface area contributed by atoms with Gasteiger partial charge in [-0.1, -0.05) is 31.9 Å². The molecule has 1 nitrogen and oxygen atoms in total. The monoisotopic (exact) mass is 359 g/mol. The highest BCUT2D eigenvalue weighted by Crippen LogP contribution is 2.32. The second kappa shape index (κ2) is 5.00. The van der Waals surface area contributed by atoms with Gasteiger partial charge in [0.2, 0.25) is 0 Å². The van der Waals surface area contributed by atoms with E-state index in [1.807, 2.05) is 12.1 Å². The van der Waals surface area contributed by atoms with Crippen molar-refractivity contribution >= 4 is 43.2 Å². The normalized spacial score (nSPS) is 12.8. The summed E-state index contributed by atoms with van der Waals surface area (Å²) in [5, 5.41) is 0. The summed E-state index contributed by atoms with van der Waals surface area (Å²) < 4.78 is 2.10. The quantitative estimate of drug-likeness (QED) is 0.830. The fraction of sp³-hybridized carbons (Fsp3) is 0.167. The van der Waals surface area contributed by atoms with Crippen LogP contribution in [0.1, 0.15) is 21.4 Å². The Morgan fingerprint density at radius 1 is 1.19 bits per heavy atom. The van der Waals surface area contributed by atoms with E-state index in [0.717, 1.165) is 14.5 Å². The van der Waals surface area contributed by atoms with Crippen molar-refractivity contribution < 1.29 is 0 Å². The van der Waals surface area contributed by atoms with Crippen LogP contribution in [0.2, 0.25) is 0 Å². The summed E-state index contributed by atoms with van der Waals surface area (Å²) in [7, 11) is 0. The summed E-state index contributed by atoms with van der Waals surface area (Å²) >= 11 is 8.75.